The van der Waals surface area contributed by atoms with E-state index in [0.29, 0.717) is 18.0 Å². The highest BCUT2D eigenvalue weighted by Crippen LogP contribution is 2.34. The van der Waals surface area contributed by atoms with Gasteiger partial charge in [0.2, 0.25) is 5.91 Å². The average molecular weight is 301 g/mol. The van der Waals surface area contributed by atoms with Crippen LogP contribution >= 0.6 is 12.2 Å². The summed E-state index contributed by atoms with van der Waals surface area (Å²) in [4.78, 5) is 15.2. The van der Waals surface area contributed by atoms with Crippen LogP contribution in [0.15, 0.2) is 0 Å². The number of nitrogens with two attached hydrogens (primary N) is 1. The van der Waals surface area contributed by atoms with Gasteiger partial charge in [0, 0.05) is 23.9 Å². The molecular weight excluding hydrogens is 268 g/mol. The van der Waals surface area contributed by atoms with Crippen molar-refractivity contribution in [2.75, 3.05) is 6.54 Å². The molecule has 0 saturated carbocycles. The number of nitrogens with zero attached hydrogens (tertiary/aromatic N) is 1. The number of thiocarbonyl (C=S) groups is 1. The van der Waals surface area contributed by atoms with Crippen molar-refractivity contribution in [1.82, 2.24) is 4.90 Å². The Bertz CT molecular complexity index is 362. The van der Waals surface area contributed by atoms with Crippen LogP contribution in [0.3, 0.4) is 0 Å². The molecule has 0 aromatic rings. The van der Waals surface area contributed by atoms with E-state index in [9.17, 15) is 4.79 Å². The standard InChI is InChI=1S/C16H32N2OS/c1-14(2,3)11-16(7,8)18(10-9-12(17)20)13(19)15(4,5)6/h9-11H2,1-8H3,(H2,17,20). The van der Waals surface area contributed by atoms with E-state index in [2.05, 4.69) is 34.6 Å². The third-order valence-corrected chi connectivity index (χ3v) is 3.37. The Morgan fingerprint density at radius 3 is 1.80 bits per heavy atom. The zero-order valence-electron chi connectivity index (χ0n) is 14.5. The molecule has 2 N–H and O–H groups in total. The van der Waals surface area contributed by atoms with E-state index >= 15 is 0 Å². The zero-order valence-corrected chi connectivity index (χ0v) is 15.3. The van der Waals surface area contributed by atoms with Crippen molar-refractivity contribution in [3.8, 4) is 0 Å². The maximum atomic E-state index is 12.8. The van der Waals surface area contributed by atoms with Gasteiger partial charge in [-0.05, 0) is 25.7 Å². The first-order valence-electron chi connectivity index (χ1n) is 7.27. The normalized spacial score (nSPS) is 13.2. The Morgan fingerprint density at radius 2 is 1.50 bits per heavy atom. The van der Waals surface area contributed by atoms with Crippen molar-refractivity contribution in [2.24, 2.45) is 16.6 Å². The Kier molecular flexibility index (Phi) is 6.21. The van der Waals surface area contributed by atoms with Crippen molar-refractivity contribution in [3.63, 3.8) is 0 Å². The summed E-state index contributed by atoms with van der Waals surface area (Å²) >= 11 is 4.97. The van der Waals surface area contributed by atoms with E-state index in [1.165, 1.54) is 0 Å². The fourth-order valence-electron chi connectivity index (χ4n) is 2.70. The minimum atomic E-state index is -0.397. The minimum absolute atomic E-state index is 0.156. The second-order valence-corrected chi connectivity index (χ2v) is 9.00. The molecule has 0 aliphatic heterocycles. The van der Waals surface area contributed by atoms with Gasteiger partial charge >= 0.3 is 0 Å². The molecule has 0 saturated heterocycles. The molecule has 0 bridgehead atoms. The molecule has 0 spiro atoms. The van der Waals surface area contributed by atoms with Gasteiger partial charge in [-0.15, -0.1) is 0 Å². The van der Waals surface area contributed by atoms with Crippen molar-refractivity contribution in [2.45, 2.75) is 73.8 Å². The molecule has 0 aromatic heterocycles. The molecule has 118 valence electrons. The van der Waals surface area contributed by atoms with Crippen molar-refractivity contribution in [3.05, 3.63) is 0 Å². The Hall–Kier alpha value is -0.640. The van der Waals surface area contributed by atoms with Crippen LogP contribution in [0.5, 0.6) is 0 Å². The predicted molar refractivity (Wildman–Crippen MR) is 90.7 cm³/mol. The monoisotopic (exact) mass is 300 g/mol. The number of hydrogen-bond donors (Lipinski definition) is 1. The molecule has 20 heavy (non-hydrogen) atoms. The number of carbonyl (C=O) groups excluding carboxylic acids is 1. The summed E-state index contributed by atoms with van der Waals surface area (Å²) < 4.78 is 0. The topological polar surface area (TPSA) is 46.3 Å². The van der Waals surface area contributed by atoms with Crippen molar-refractivity contribution >= 4 is 23.1 Å². The number of carbonyl (C=O) groups is 1. The van der Waals surface area contributed by atoms with Crippen LogP contribution in [0.1, 0.15) is 68.2 Å². The van der Waals surface area contributed by atoms with Gasteiger partial charge in [-0.1, -0.05) is 53.8 Å². The first-order chi connectivity index (χ1) is 8.67. The molecule has 0 unspecified atom stereocenters. The number of rotatable bonds is 5. The summed E-state index contributed by atoms with van der Waals surface area (Å²) in [5.41, 5.74) is 5.16. The lowest BCUT2D eigenvalue weighted by Crippen LogP contribution is -2.54. The lowest BCUT2D eigenvalue weighted by atomic mass is 9.79. The van der Waals surface area contributed by atoms with Gasteiger partial charge in [0.15, 0.2) is 0 Å². The molecule has 1 amide bonds. The first-order valence-corrected chi connectivity index (χ1v) is 7.68. The molecule has 0 atom stereocenters. The van der Waals surface area contributed by atoms with E-state index in [4.69, 9.17) is 18.0 Å². The molecule has 0 rings (SSSR count). The summed E-state index contributed by atoms with van der Waals surface area (Å²) in [7, 11) is 0. The largest absolute Gasteiger partial charge is 0.393 e. The van der Waals surface area contributed by atoms with E-state index in [-0.39, 0.29) is 16.9 Å². The summed E-state index contributed by atoms with van der Waals surface area (Å²) in [6, 6.07) is 0. The average Bonchev–Trinajstić information content (AvgIpc) is 2.10. The fourth-order valence-corrected chi connectivity index (χ4v) is 2.79. The first kappa shape index (κ1) is 19.4. The van der Waals surface area contributed by atoms with E-state index in [1.54, 1.807) is 0 Å². The highest BCUT2D eigenvalue weighted by atomic mass is 32.1. The third kappa shape index (κ3) is 6.69. The van der Waals surface area contributed by atoms with Crippen LogP contribution in [0.4, 0.5) is 0 Å². The lowest BCUT2D eigenvalue weighted by Gasteiger charge is -2.45. The molecule has 0 radical (unpaired) electrons. The molecule has 4 heteroatoms. The Balaban J connectivity index is 5.30. The molecule has 0 heterocycles. The molecular formula is C16H32N2OS. The van der Waals surface area contributed by atoms with E-state index in [0.717, 1.165) is 6.42 Å². The predicted octanol–water partition coefficient (Wildman–Crippen LogP) is 3.75. The van der Waals surface area contributed by atoms with Crippen molar-refractivity contribution < 1.29 is 4.79 Å². The van der Waals surface area contributed by atoms with Gasteiger partial charge in [-0.2, -0.15) is 0 Å². The SMILES string of the molecule is CC(C)(C)CC(C)(C)N(CCC(N)=S)C(=O)C(C)(C)C. The summed E-state index contributed by atoms with van der Waals surface area (Å²) in [6.07, 6.45) is 1.50. The smallest absolute Gasteiger partial charge is 0.228 e. The van der Waals surface area contributed by atoms with Gasteiger partial charge in [0.25, 0.3) is 0 Å². The van der Waals surface area contributed by atoms with Crippen LogP contribution < -0.4 is 5.73 Å². The summed E-state index contributed by atoms with van der Waals surface area (Å²) in [5.74, 6) is 0.156. The Morgan fingerprint density at radius 1 is 1.05 bits per heavy atom. The van der Waals surface area contributed by atoms with Crippen LogP contribution in [-0.2, 0) is 4.79 Å². The van der Waals surface area contributed by atoms with Gasteiger partial charge in [0.1, 0.15) is 0 Å². The van der Waals surface area contributed by atoms with Crippen molar-refractivity contribution in [1.29, 1.82) is 0 Å². The molecule has 0 aliphatic carbocycles. The molecule has 0 fully saturated rings. The third-order valence-electron chi connectivity index (χ3n) is 3.16. The van der Waals surface area contributed by atoms with Gasteiger partial charge in [-0.3, -0.25) is 4.79 Å². The summed E-state index contributed by atoms with van der Waals surface area (Å²) in [5, 5.41) is 0. The van der Waals surface area contributed by atoms with Gasteiger partial charge in [0.05, 0.1) is 4.99 Å². The zero-order chi connectivity index (χ0) is 16.4. The van der Waals surface area contributed by atoms with E-state index < -0.39 is 5.41 Å². The fraction of sp³-hybridized carbons (Fsp3) is 0.875. The number of hydrogen-bond acceptors (Lipinski definition) is 2. The number of amides is 1. The van der Waals surface area contributed by atoms with Crippen LogP contribution in [0.25, 0.3) is 0 Å². The molecule has 0 aromatic carbocycles. The van der Waals surface area contributed by atoms with E-state index in [1.807, 2.05) is 25.7 Å². The molecule has 3 nitrogen and oxygen atoms in total. The highest BCUT2D eigenvalue weighted by Gasteiger charge is 2.38. The maximum absolute atomic E-state index is 12.8. The van der Waals surface area contributed by atoms with Gasteiger partial charge in [-0.25, -0.2) is 0 Å². The minimum Gasteiger partial charge on any atom is -0.393 e. The van der Waals surface area contributed by atoms with Gasteiger partial charge < -0.3 is 10.6 Å². The van der Waals surface area contributed by atoms with Crippen LogP contribution in [0.2, 0.25) is 0 Å². The lowest BCUT2D eigenvalue weighted by molar-refractivity contribution is -0.146. The quantitative estimate of drug-likeness (QED) is 0.787. The Labute approximate surface area is 130 Å². The summed E-state index contributed by atoms with van der Waals surface area (Å²) in [6.45, 7) is 17.3. The highest BCUT2D eigenvalue weighted by molar-refractivity contribution is 7.80. The maximum Gasteiger partial charge on any atom is 0.228 e. The van der Waals surface area contributed by atoms with Crippen LogP contribution in [0, 0.1) is 10.8 Å². The second-order valence-electron chi connectivity index (χ2n) is 8.47. The molecule has 0 aliphatic rings. The van der Waals surface area contributed by atoms with Crippen LogP contribution in [-0.4, -0.2) is 27.9 Å². The second kappa shape index (κ2) is 6.42.